The lowest BCUT2D eigenvalue weighted by atomic mass is 9.96. The van der Waals surface area contributed by atoms with Gasteiger partial charge in [0.2, 0.25) is 5.91 Å². The summed E-state index contributed by atoms with van der Waals surface area (Å²) >= 11 is 0. The highest BCUT2D eigenvalue weighted by Gasteiger charge is 2.37. The summed E-state index contributed by atoms with van der Waals surface area (Å²) in [6.45, 7) is 17.0. The molecule has 0 saturated heterocycles. The smallest absolute Gasteiger partial charge is 0.408 e. The fourth-order valence-electron chi connectivity index (χ4n) is 4.15. The van der Waals surface area contributed by atoms with Crippen LogP contribution < -0.4 is 10.6 Å². The third-order valence-corrected chi connectivity index (χ3v) is 5.75. The third kappa shape index (κ3) is 7.83. The van der Waals surface area contributed by atoms with Crippen molar-refractivity contribution in [2.45, 2.75) is 80.0 Å². The zero-order valence-electron chi connectivity index (χ0n) is 23.1. The predicted octanol–water partition coefficient (Wildman–Crippen LogP) is 5.69. The lowest BCUT2D eigenvalue weighted by molar-refractivity contribution is -0.141. The Morgan fingerprint density at radius 3 is 2.06 bits per heavy atom. The lowest BCUT2D eigenvalue weighted by Crippen LogP contribution is -2.54. The van der Waals surface area contributed by atoms with E-state index in [1.165, 1.54) is 4.90 Å². The molecule has 0 radical (unpaired) electrons. The average Bonchev–Trinajstić information content (AvgIpc) is 2.74. The molecule has 2 aromatic carbocycles. The van der Waals surface area contributed by atoms with Gasteiger partial charge in [0, 0.05) is 12.2 Å². The van der Waals surface area contributed by atoms with E-state index in [0.717, 1.165) is 16.7 Å². The van der Waals surface area contributed by atoms with Gasteiger partial charge < -0.3 is 20.3 Å². The summed E-state index contributed by atoms with van der Waals surface area (Å²) in [7, 11) is 0. The number of likely N-dealkylation sites (N-methyl/N-ethyl adjacent to an activating group) is 1. The molecule has 2 atom stereocenters. The molecule has 0 aromatic heterocycles. The van der Waals surface area contributed by atoms with Crippen LogP contribution >= 0.6 is 0 Å². The summed E-state index contributed by atoms with van der Waals surface area (Å²) in [6, 6.07) is 11.7. The van der Waals surface area contributed by atoms with E-state index in [1.807, 2.05) is 84.0 Å². The van der Waals surface area contributed by atoms with Gasteiger partial charge in [-0.1, -0.05) is 61.4 Å². The molecular formula is C29H41N3O4. The minimum Gasteiger partial charge on any atom is -0.444 e. The SMILES string of the molecule is CCN(C(=O)C(NC(=O)OC(C)(C)C)C(C)C)C(C(=O)Nc1ccccc1C)c1cc(C)cc(C)c1. The molecule has 0 fully saturated rings. The molecule has 0 aliphatic heterocycles. The number of nitrogens with one attached hydrogen (secondary N) is 2. The van der Waals surface area contributed by atoms with Crippen molar-refractivity contribution in [3.05, 3.63) is 64.7 Å². The van der Waals surface area contributed by atoms with E-state index in [4.69, 9.17) is 4.74 Å². The van der Waals surface area contributed by atoms with Gasteiger partial charge in [-0.15, -0.1) is 0 Å². The Balaban J connectivity index is 2.50. The molecule has 0 aliphatic rings. The van der Waals surface area contributed by atoms with Gasteiger partial charge in [-0.3, -0.25) is 9.59 Å². The Labute approximate surface area is 215 Å². The Bertz CT molecular complexity index is 1070. The summed E-state index contributed by atoms with van der Waals surface area (Å²) < 4.78 is 5.40. The van der Waals surface area contributed by atoms with E-state index >= 15 is 0 Å². The number of aryl methyl sites for hydroxylation is 3. The number of ether oxygens (including phenoxy) is 1. The van der Waals surface area contributed by atoms with Crippen LogP contribution in [0.2, 0.25) is 0 Å². The number of hydrogen-bond donors (Lipinski definition) is 2. The quantitative estimate of drug-likeness (QED) is 0.492. The van der Waals surface area contributed by atoms with Gasteiger partial charge in [-0.05, 0) is 71.6 Å². The van der Waals surface area contributed by atoms with Gasteiger partial charge in [0.1, 0.15) is 17.7 Å². The first-order chi connectivity index (χ1) is 16.7. The molecule has 0 aliphatic carbocycles. The molecule has 196 valence electrons. The number of benzene rings is 2. The minimum atomic E-state index is -0.887. The summed E-state index contributed by atoms with van der Waals surface area (Å²) in [6.07, 6.45) is -0.669. The Kier molecular flexibility index (Phi) is 9.68. The normalized spacial score (nSPS) is 13.1. The number of carbonyl (C=O) groups is 3. The number of anilines is 1. The van der Waals surface area contributed by atoms with Crippen LogP contribution in [0.1, 0.15) is 69.8 Å². The standard InChI is InChI=1S/C29H41N3O4/c1-10-32(27(34)24(18(2)3)31-28(35)36-29(7,8)9)25(22-16-19(4)15-20(5)17-22)26(33)30-23-14-12-11-13-21(23)6/h11-18,24-25H,10H2,1-9H3,(H,30,33)(H,31,35). The molecule has 2 rings (SSSR count). The van der Waals surface area contributed by atoms with Crippen molar-refractivity contribution >= 4 is 23.6 Å². The molecule has 0 spiro atoms. The van der Waals surface area contributed by atoms with Crippen LogP contribution in [0.4, 0.5) is 10.5 Å². The van der Waals surface area contributed by atoms with Crippen molar-refractivity contribution < 1.29 is 19.1 Å². The van der Waals surface area contributed by atoms with Crippen LogP contribution in [-0.4, -0.2) is 41.0 Å². The second-order valence-electron chi connectivity index (χ2n) is 10.6. The number of hydrogen-bond acceptors (Lipinski definition) is 4. The van der Waals surface area contributed by atoms with Gasteiger partial charge >= 0.3 is 6.09 Å². The Morgan fingerprint density at radius 1 is 0.972 bits per heavy atom. The van der Waals surface area contributed by atoms with E-state index in [-0.39, 0.29) is 24.3 Å². The Hall–Kier alpha value is -3.35. The van der Waals surface area contributed by atoms with Crippen LogP contribution in [0.15, 0.2) is 42.5 Å². The van der Waals surface area contributed by atoms with Gasteiger partial charge in [0.05, 0.1) is 0 Å². The molecular weight excluding hydrogens is 454 g/mol. The molecule has 36 heavy (non-hydrogen) atoms. The number of nitrogens with zero attached hydrogens (tertiary/aromatic N) is 1. The number of alkyl carbamates (subject to hydrolysis) is 1. The first-order valence-electron chi connectivity index (χ1n) is 12.5. The van der Waals surface area contributed by atoms with E-state index < -0.39 is 23.8 Å². The van der Waals surface area contributed by atoms with Gasteiger partial charge in [0.25, 0.3) is 5.91 Å². The first kappa shape index (κ1) is 28.9. The number of amides is 3. The molecule has 2 N–H and O–H groups in total. The highest BCUT2D eigenvalue weighted by Crippen LogP contribution is 2.27. The maximum absolute atomic E-state index is 13.9. The van der Waals surface area contributed by atoms with E-state index in [2.05, 4.69) is 10.6 Å². The summed E-state index contributed by atoms with van der Waals surface area (Å²) in [5, 5.41) is 5.74. The van der Waals surface area contributed by atoms with E-state index in [9.17, 15) is 14.4 Å². The maximum atomic E-state index is 13.9. The summed E-state index contributed by atoms with van der Waals surface area (Å²) in [5.74, 6) is -0.884. The molecule has 0 bridgehead atoms. The molecule has 0 heterocycles. The molecule has 7 heteroatoms. The van der Waals surface area contributed by atoms with E-state index in [1.54, 1.807) is 20.8 Å². The molecule has 2 aromatic rings. The van der Waals surface area contributed by atoms with Crippen molar-refractivity contribution in [1.82, 2.24) is 10.2 Å². The van der Waals surface area contributed by atoms with Gasteiger partial charge in [-0.25, -0.2) is 4.79 Å². The van der Waals surface area contributed by atoms with Crippen molar-refractivity contribution in [3.63, 3.8) is 0 Å². The zero-order valence-corrected chi connectivity index (χ0v) is 23.1. The van der Waals surface area contributed by atoms with Crippen LogP contribution in [0.3, 0.4) is 0 Å². The molecule has 7 nitrogen and oxygen atoms in total. The van der Waals surface area contributed by atoms with Crippen molar-refractivity contribution in [2.75, 3.05) is 11.9 Å². The Morgan fingerprint density at radius 2 is 1.56 bits per heavy atom. The second-order valence-corrected chi connectivity index (χ2v) is 10.6. The first-order valence-corrected chi connectivity index (χ1v) is 12.5. The van der Waals surface area contributed by atoms with Gasteiger partial charge in [-0.2, -0.15) is 0 Å². The van der Waals surface area contributed by atoms with E-state index in [0.29, 0.717) is 11.3 Å². The highest BCUT2D eigenvalue weighted by molar-refractivity contribution is 5.99. The minimum absolute atomic E-state index is 0.224. The zero-order chi connectivity index (χ0) is 27.2. The van der Waals surface area contributed by atoms with Gasteiger partial charge in [0.15, 0.2) is 0 Å². The maximum Gasteiger partial charge on any atom is 0.408 e. The van der Waals surface area contributed by atoms with Crippen LogP contribution in [-0.2, 0) is 14.3 Å². The number of rotatable bonds is 8. The fraction of sp³-hybridized carbons (Fsp3) is 0.483. The topological polar surface area (TPSA) is 87.7 Å². The van der Waals surface area contributed by atoms with Crippen molar-refractivity contribution in [3.8, 4) is 0 Å². The molecule has 2 unspecified atom stereocenters. The number of para-hydroxylation sites is 1. The average molecular weight is 496 g/mol. The van der Waals surface area contributed by atoms with Crippen LogP contribution in [0.25, 0.3) is 0 Å². The number of carbonyl (C=O) groups excluding carboxylic acids is 3. The van der Waals surface area contributed by atoms with Crippen LogP contribution in [0, 0.1) is 26.7 Å². The van der Waals surface area contributed by atoms with Crippen molar-refractivity contribution in [1.29, 1.82) is 0 Å². The molecule has 0 saturated carbocycles. The van der Waals surface area contributed by atoms with Crippen LogP contribution in [0.5, 0.6) is 0 Å². The predicted molar refractivity (Wildman–Crippen MR) is 144 cm³/mol. The third-order valence-electron chi connectivity index (χ3n) is 5.75. The van der Waals surface area contributed by atoms with Crippen molar-refractivity contribution in [2.24, 2.45) is 5.92 Å². The monoisotopic (exact) mass is 495 g/mol. The summed E-state index contributed by atoms with van der Waals surface area (Å²) in [5.41, 5.74) is 3.62. The molecule has 3 amide bonds. The largest absolute Gasteiger partial charge is 0.444 e. The second kappa shape index (κ2) is 12.1. The lowest BCUT2D eigenvalue weighted by Gasteiger charge is -2.35. The fourth-order valence-corrected chi connectivity index (χ4v) is 4.15. The highest BCUT2D eigenvalue weighted by atomic mass is 16.6. The summed E-state index contributed by atoms with van der Waals surface area (Å²) in [4.78, 5) is 41.8.